The van der Waals surface area contributed by atoms with Crippen LogP contribution in [0.25, 0.3) is 0 Å². The summed E-state index contributed by atoms with van der Waals surface area (Å²) >= 11 is 0. The minimum atomic E-state index is -0.229. The van der Waals surface area contributed by atoms with Crippen LogP contribution < -0.4 is 16.0 Å². The molecule has 140 valence electrons. The summed E-state index contributed by atoms with van der Waals surface area (Å²) < 4.78 is 0. The van der Waals surface area contributed by atoms with E-state index in [0.717, 1.165) is 36.3 Å². The van der Waals surface area contributed by atoms with Crippen molar-refractivity contribution in [1.82, 2.24) is 5.32 Å². The fourth-order valence-electron chi connectivity index (χ4n) is 3.71. The fraction of sp³-hybridized carbons (Fsp3) is 0.381. The van der Waals surface area contributed by atoms with Gasteiger partial charge in [-0.1, -0.05) is 30.3 Å². The fourth-order valence-corrected chi connectivity index (χ4v) is 3.71. The molecule has 2 aromatic carbocycles. The lowest BCUT2D eigenvalue weighted by Gasteiger charge is -2.36. The number of nitrogens with zero attached hydrogens (tertiary/aromatic N) is 1. The lowest BCUT2D eigenvalue weighted by molar-refractivity contribution is -0.122. The minimum Gasteiger partial charge on any atom is -0.398 e. The summed E-state index contributed by atoms with van der Waals surface area (Å²) in [5.74, 6) is 0.0472. The summed E-state index contributed by atoms with van der Waals surface area (Å²) in [6.45, 7) is 6.96. The molecule has 0 saturated heterocycles. The SMILES string of the molecule is Cc1ccccc1C(C)NC(=O)C(C)N1CCCc2c(N)cccc21.Cl. The van der Waals surface area contributed by atoms with Crippen LogP contribution in [0.2, 0.25) is 0 Å². The van der Waals surface area contributed by atoms with Gasteiger partial charge in [0.2, 0.25) is 5.91 Å². The molecule has 0 radical (unpaired) electrons. The molecule has 3 rings (SSSR count). The Morgan fingerprint density at radius 3 is 2.62 bits per heavy atom. The summed E-state index contributed by atoms with van der Waals surface area (Å²) in [7, 11) is 0. The third kappa shape index (κ3) is 3.96. The van der Waals surface area contributed by atoms with Gasteiger partial charge < -0.3 is 16.0 Å². The van der Waals surface area contributed by atoms with E-state index in [1.165, 1.54) is 11.1 Å². The van der Waals surface area contributed by atoms with Crippen LogP contribution in [-0.4, -0.2) is 18.5 Å². The second-order valence-electron chi connectivity index (χ2n) is 6.90. The maximum atomic E-state index is 12.8. The highest BCUT2D eigenvalue weighted by Crippen LogP contribution is 2.32. The van der Waals surface area contributed by atoms with Crippen LogP contribution in [0.15, 0.2) is 42.5 Å². The quantitative estimate of drug-likeness (QED) is 0.796. The van der Waals surface area contributed by atoms with E-state index in [2.05, 4.69) is 35.3 Å². The average molecular weight is 374 g/mol. The van der Waals surface area contributed by atoms with Gasteiger partial charge in [0.25, 0.3) is 0 Å². The van der Waals surface area contributed by atoms with Crippen molar-refractivity contribution in [3.63, 3.8) is 0 Å². The third-order valence-electron chi connectivity index (χ3n) is 5.18. The number of nitrogens with two attached hydrogens (primary N) is 1. The Kier molecular flexibility index (Phi) is 6.54. The summed E-state index contributed by atoms with van der Waals surface area (Å²) in [6.07, 6.45) is 2.00. The number of fused-ring (bicyclic) bond motifs is 1. The molecule has 0 aliphatic carbocycles. The molecule has 0 saturated carbocycles. The first-order valence-corrected chi connectivity index (χ1v) is 8.99. The predicted octanol–water partition coefficient (Wildman–Crippen LogP) is 4.02. The molecule has 3 N–H and O–H groups in total. The van der Waals surface area contributed by atoms with Gasteiger partial charge in [-0.2, -0.15) is 0 Å². The maximum Gasteiger partial charge on any atom is 0.242 e. The predicted molar refractivity (Wildman–Crippen MR) is 111 cm³/mol. The lowest BCUT2D eigenvalue weighted by atomic mass is 9.98. The van der Waals surface area contributed by atoms with E-state index in [1.807, 2.05) is 38.1 Å². The molecule has 2 atom stereocenters. The number of carbonyl (C=O) groups excluding carboxylic acids is 1. The highest BCUT2D eigenvalue weighted by atomic mass is 35.5. The van der Waals surface area contributed by atoms with Gasteiger partial charge in [0.05, 0.1) is 6.04 Å². The molecule has 5 heteroatoms. The molecule has 1 aliphatic heterocycles. The number of anilines is 2. The zero-order valence-electron chi connectivity index (χ0n) is 15.7. The van der Waals surface area contributed by atoms with Crippen molar-refractivity contribution in [3.05, 3.63) is 59.2 Å². The summed E-state index contributed by atoms with van der Waals surface area (Å²) in [5, 5.41) is 3.17. The second-order valence-corrected chi connectivity index (χ2v) is 6.90. The Morgan fingerprint density at radius 1 is 1.15 bits per heavy atom. The van der Waals surface area contributed by atoms with E-state index in [-0.39, 0.29) is 30.4 Å². The summed E-state index contributed by atoms with van der Waals surface area (Å²) in [6, 6.07) is 13.9. The number of benzene rings is 2. The first-order valence-electron chi connectivity index (χ1n) is 8.99. The summed E-state index contributed by atoms with van der Waals surface area (Å²) in [4.78, 5) is 15.0. The maximum absolute atomic E-state index is 12.8. The number of amides is 1. The Balaban J connectivity index is 0.00000243. The van der Waals surface area contributed by atoms with E-state index in [0.29, 0.717) is 0 Å². The monoisotopic (exact) mass is 373 g/mol. The number of nitrogens with one attached hydrogen (secondary N) is 1. The standard InChI is InChI=1S/C21H27N3O.ClH/c1-14-8-4-5-9-17(14)15(2)23-21(25)16(3)24-13-7-10-18-19(22)11-6-12-20(18)24;/h4-6,8-9,11-12,15-16H,7,10,13,22H2,1-3H3,(H,23,25);1H. The molecule has 1 aliphatic rings. The zero-order valence-corrected chi connectivity index (χ0v) is 16.5. The Labute approximate surface area is 162 Å². The number of hydrogen-bond acceptors (Lipinski definition) is 3. The Hall–Kier alpha value is -2.20. The van der Waals surface area contributed by atoms with Gasteiger partial charge in [0, 0.05) is 17.9 Å². The van der Waals surface area contributed by atoms with Crippen LogP contribution in [0.3, 0.4) is 0 Å². The Morgan fingerprint density at radius 2 is 1.88 bits per heavy atom. The number of rotatable bonds is 4. The molecule has 2 aromatic rings. The van der Waals surface area contributed by atoms with E-state index in [9.17, 15) is 4.79 Å². The van der Waals surface area contributed by atoms with Crippen molar-refractivity contribution in [2.24, 2.45) is 0 Å². The molecule has 1 heterocycles. The smallest absolute Gasteiger partial charge is 0.242 e. The van der Waals surface area contributed by atoms with Crippen molar-refractivity contribution < 1.29 is 4.79 Å². The topological polar surface area (TPSA) is 58.4 Å². The van der Waals surface area contributed by atoms with Gasteiger partial charge in [-0.3, -0.25) is 4.79 Å². The minimum absolute atomic E-state index is 0. The third-order valence-corrected chi connectivity index (χ3v) is 5.18. The first-order chi connectivity index (χ1) is 12.0. The van der Waals surface area contributed by atoms with Crippen LogP contribution >= 0.6 is 12.4 Å². The van der Waals surface area contributed by atoms with Crippen LogP contribution in [-0.2, 0) is 11.2 Å². The molecule has 26 heavy (non-hydrogen) atoms. The van der Waals surface area contributed by atoms with E-state index in [4.69, 9.17) is 5.73 Å². The molecular weight excluding hydrogens is 346 g/mol. The number of carbonyl (C=O) groups is 1. The van der Waals surface area contributed by atoms with E-state index >= 15 is 0 Å². The van der Waals surface area contributed by atoms with Gasteiger partial charge in [-0.15, -0.1) is 12.4 Å². The van der Waals surface area contributed by atoms with Crippen LogP contribution in [0.5, 0.6) is 0 Å². The van der Waals surface area contributed by atoms with Gasteiger partial charge in [-0.25, -0.2) is 0 Å². The van der Waals surface area contributed by atoms with Crippen molar-refractivity contribution in [3.8, 4) is 0 Å². The molecule has 0 aromatic heterocycles. The van der Waals surface area contributed by atoms with Crippen LogP contribution in [0.1, 0.15) is 43.0 Å². The highest BCUT2D eigenvalue weighted by molar-refractivity contribution is 5.86. The molecule has 0 bridgehead atoms. The average Bonchev–Trinajstić information content (AvgIpc) is 2.61. The molecule has 2 unspecified atom stereocenters. The molecule has 0 spiro atoms. The van der Waals surface area contributed by atoms with Crippen molar-refractivity contribution in [2.75, 3.05) is 17.2 Å². The largest absolute Gasteiger partial charge is 0.398 e. The number of hydrogen-bond donors (Lipinski definition) is 2. The number of nitrogen functional groups attached to an aromatic ring is 1. The summed E-state index contributed by atoms with van der Waals surface area (Å²) in [5.41, 5.74) is 11.6. The molecule has 4 nitrogen and oxygen atoms in total. The molecule has 0 fully saturated rings. The first kappa shape index (κ1) is 20.1. The van der Waals surface area contributed by atoms with Gasteiger partial charge in [0.1, 0.15) is 6.04 Å². The second kappa shape index (κ2) is 8.45. The Bertz CT molecular complexity index is 778. The highest BCUT2D eigenvalue weighted by Gasteiger charge is 2.27. The number of halogens is 1. The van der Waals surface area contributed by atoms with E-state index in [1.54, 1.807) is 0 Å². The van der Waals surface area contributed by atoms with Crippen molar-refractivity contribution in [2.45, 2.75) is 45.7 Å². The molecule has 1 amide bonds. The molecular formula is C21H28ClN3O. The van der Waals surface area contributed by atoms with Crippen molar-refractivity contribution in [1.29, 1.82) is 0 Å². The normalized spacial score (nSPS) is 15.4. The lowest BCUT2D eigenvalue weighted by Crippen LogP contribution is -2.48. The van der Waals surface area contributed by atoms with E-state index < -0.39 is 0 Å². The van der Waals surface area contributed by atoms with Gasteiger partial charge in [0.15, 0.2) is 0 Å². The van der Waals surface area contributed by atoms with Crippen molar-refractivity contribution >= 4 is 29.7 Å². The van der Waals surface area contributed by atoms with Crippen LogP contribution in [0, 0.1) is 6.92 Å². The van der Waals surface area contributed by atoms with Crippen LogP contribution in [0.4, 0.5) is 11.4 Å². The van der Waals surface area contributed by atoms with Gasteiger partial charge >= 0.3 is 0 Å². The number of aryl methyl sites for hydroxylation is 1. The van der Waals surface area contributed by atoms with Gasteiger partial charge in [-0.05, 0) is 62.4 Å². The zero-order chi connectivity index (χ0) is 18.0.